The fourth-order valence-electron chi connectivity index (χ4n) is 3.02. The summed E-state index contributed by atoms with van der Waals surface area (Å²) in [5.74, 6) is -0.486. The summed E-state index contributed by atoms with van der Waals surface area (Å²) in [5, 5.41) is 8.99. The summed E-state index contributed by atoms with van der Waals surface area (Å²) in [7, 11) is 0. The second-order valence-corrected chi connectivity index (χ2v) is 6.32. The van der Waals surface area contributed by atoms with Crippen LogP contribution in [0.2, 0.25) is 0 Å². The van der Waals surface area contributed by atoms with Gasteiger partial charge in [0.15, 0.2) is 0 Å². The Labute approximate surface area is 170 Å². The highest BCUT2D eigenvalue weighted by Gasteiger charge is 2.43. The molecule has 4 heteroatoms. The van der Waals surface area contributed by atoms with E-state index >= 15 is 0 Å². The van der Waals surface area contributed by atoms with E-state index in [4.69, 9.17) is 15.0 Å². The molecule has 3 aromatic carbocycles. The first-order chi connectivity index (χ1) is 14.2. The summed E-state index contributed by atoms with van der Waals surface area (Å²) in [5.41, 5.74) is 1.37. The molecule has 0 aliphatic carbocycles. The first-order valence-electron chi connectivity index (χ1n) is 9.15. The van der Waals surface area contributed by atoms with Gasteiger partial charge in [0, 0.05) is 6.21 Å². The zero-order valence-electron chi connectivity index (χ0n) is 15.9. The molecule has 0 radical (unpaired) electrons. The van der Waals surface area contributed by atoms with Crippen molar-refractivity contribution in [3.8, 4) is 6.07 Å². The molecule has 0 saturated carbocycles. The maximum absolute atomic E-state index is 13.3. The number of ether oxygens (including phenoxy) is 1. The van der Waals surface area contributed by atoms with Crippen LogP contribution in [-0.4, -0.2) is 18.8 Å². The van der Waals surface area contributed by atoms with Crippen molar-refractivity contribution in [1.82, 2.24) is 0 Å². The highest BCUT2D eigenvalue weighted by molar-refractivity contribution is 5.91. The van der Waals surface area contributed by atoms with Crippen LogP contribution in [0.3, 0.4) is 0 Å². The van der Waals surface area contributed by atoms with Gasteiger partial charge in [0.25, 0.3) is 0 Å². The van der Waals surface area contributed by atoms with Crippen LogP contribution in [0.15, 0.2) is 103 Å². The van der Waals surface area contributed by atoms with Gasteiger partial charge in [0.1, 0.15) is 6.61 Å². The van der Waals surface area contributed by atoms with Crippen LogP contribution in [0.4, 0.5) is 0 Å². The Bertz CT molecular complexity index is 994. The molecule has 0 fully saturated rings. The molecule has 142 valence electrons. The zero-order valence-corrected chi connectivity index (χ0v) is 15.9. The SMILES string of the molecule is C=CCOC(=O)C(N=Cc1ccc(C#N)cc1)(c1ccccc1)c1ccccc1. The Hall–Kier alpha value is -3.97. The molecule has 4 nitrogen and oxygen atoms in total. The second kappa shape index (κ2) is 9.29. The molecule has 0 bridgehead atoms. The van der Waals surface area contributed by atoms with E-state index < -0.39 is 11.5 Å². The second-order valence-electron chi connectivity index (χ2n) is 6.32. The number of esters is 1. The number of benzene rings is 3. The summed E-state index contributed by atoms with van der Waals surface area (Å²) in [6.45, 7) is 3.72. The predicted octanol–water partition coefficient (Wildman–Crippen LogP) is 4.65. The van der Waals surface area contributed by atoms with Crippen LogP contribution in [0, 0.1) is 11.3 Å². The van der Waals surface area contributed by atoms with Gasteiger partial charge >= 0.3 is 5.97 Å². The molecular weight excluding hydrogens is 360 g/mol. The normalized spacial score (nSPS) is 11.0. The van der Waals surface area contributed by atoms with Gasteiger partial charge < -0.3 is 4.74 Å². The quantitative estimate of drug-likeness (QED) is 0.340. The predicted molar refractivity (Wildman–Crippen MR) is 114 cm³/mol. The Morgan fingerprint density at radius 1 is 0.966 bits per heavy atom. The van der Waals surface area contributed by atoms with Gasteiger partial charge in [-0.25, -0.2) is 4.79 Å². The van der Waals surface area contributed by atoms with E-state index in [1.165, 1.54) is 6.08 Å². The standard InChI is InChI=1S/C25H20N2O2/c1-2-17-29-24(28)25(22-9-5-3-6-10-22,23-11-7-4-8-12-23)27-19-21-15-13-20(18-26)14-16-21/h2-16,19H,1,17H2. The van der Waals surface area contributed by atoms with Crippen LogP contribution >= 0.6 is 0 Å². The summed E-state index contributed by atoms with van der Waals surface area (Å²) in [6.07, 6.45) is 3.17. The van der Waals surface area contributed by atoms with Gasteiger partial charge in [-0.3, -0.25) is 4.99 Å². The molecule has 3 aromatic rings. The molecule has 0 unspecified atom stereocenters. The fourth-order valence-corrected chi connectivity index (χ4v) is 3.02. The van der Waals surface area contributed by atoms with Gasteiger partial charge in [-0.1, -0.05) is 85.5 Å². The van der Waals surface area contributed by atoms with E-state index in [9.17, 15) is 4.79 Å². The molecule has 0 aromatic heterocycles. The summed E-state index contributed by atoms with van der Waals surface area (Å²) >= 11 is 0. The van der Waals surface area contributed by atoms with Gasteiger partial charge in [0.05, 0.1) is 11.6 Å². The molecule has 0 aliphatic heterocycles. The van der Waals surface area contributed by atoms with Crippen molar-refractivity contribution < 1.29 is 9.53 Å². The largest absolute Gasteiger partial charge is 0.459 e. The third-order valence-corrected chi connectivity index (χ3v) is 4.46. The minimum atomic E-state index is -1.36. The topological polar surface area (TPSA) is 62.4 Å². The van der Waals surface area contributed by atoms with Crippen LogP contribution in [-0.2, 0) is 15.1 Å². The number of nitrogens with zero attached hydrogens (tertiary/aromatic N) is 2. The maximum Gasteiger partial charge on any atom is 0.343 e. The number of nitriles is 1. The Morgan fingerprint density at radius 3 is 2.00 bits per heavy atom. The Morgan fingerprint density at radius 2 is 1.52 bits per heavy atom. The number of hydrogen-bond donors (Lipinski definition) is 0. The molecule has 0 aliphatic rings. The summed E-state index contributed by atoms with van der Waals surface area (Å²) in [6, 6.07) is 27.8. The monoisotopic (exact) mass is 380 g/mol. The minimum absolute atomic E-state index is 0.0899. The summed E-state index contributed by atoms with van der Waals surface area (Å²) in [4.78, 5) is 18.1. The van der Waals surface area contributed by atoms with Crippen molar-refractivity contribution in [3.63, 3.8) is 0 Å². The van der Waals surface area contributed by atoms with E-state index in [-0.39, 0.29) is 6.61 Å². The van der Waals surface area contributed by atoms with Crippen LogP contribution in [0.25, 0.3) is 0 Å². The lowest BCUT2D eigenvalue weighted by Gasteiger charge is -2.28. The first kappa shape index (κ1) is 19.8. The van der Waals surface area contributed by atoms with E-state index in [1.54, 1.807) is 30.5 Å². The summed E-state index contributed by atoms with van der Waals surface area (Å²) < 4.78 is 5.48. The van der Waals surface area contributed by atoms with Crippen LogP contribution < -0.4 is 0 Å². The third kappa shape index (κ3) is 4.31. The van der Waals surface area contributed by atoms with Crippen molar-refractivity contribution >= 4 is 12.2 Å². The van der Waals surface area contributed by atoms with E-state index in [2.05, 4.69) is 12.6 Å². The van der Waals surface area contributed by atoms with Gasteiger partial charge in [-0.2, -0.15) is 5.26 Å². The lowest BCUT2D eigenvalue weighted by Crippen LogP contribution is -2.37. The number of rotatable bonds is 7. The van der Waals surface area contributed by atoms with Crippen molar-refractivity contribution in [1.29, 1.82) is 5.26 Å². The lowest BCUT2D eigenvalue weighted by molar-refractivity contribution is -0.147. The molecule has 0 saturated heterocycles. The molecule has 0 N–H and O–H groups in total. The highest BCUT2D eigenvalue weighted by atomic mass is 16.5. The number of hydrogen-bond acceptors (Lipinski definition) is 4. The molecule has 0 spiro atoms. The zero-order chi connectivity index (χ0) is 20.5. The smallest absolute Gasteiger partial charge is 0.343 e. The van der Waals surface area contributed by atoms with Crippen molar-refractivity contribution in [2.75, 3.05) is 6.61 Å². The lowest BCUT2D eigenvalue weighted by atomic mass is 9.83. The van der Waals surface area contributed by atoms with Crippen molar-refractivity contribution in [2.45, 2.75) is 5.54 Å². The Kier molecular flexibility index (Phi) is 6.34. The van der Waals surface area contributed by atoms with E-state index in [0.29, 0.717) is 16.7 Å². The molecule has 0 heterocycles. The number of carbonyl (C=O) groups excluding carboxylic acids is 1. The maximum atomic E-state index is 13.3. The average molecular weight is 380 g/mol. The first-order valence-corrected chi connectivity index (χ1v) is 9.15. The Balaban J connectivity index is 2.17. The molecule has 29 heavy (non-hydrogen) atoms. The highest BCUT2D eigenvalue weighted by Crippen LogP contribution is 2.35. The van der Waals surface area contributed by atoms with Gasteiger partial charge in [-0.15, -0.1) is 0 Å². The van der Waals surface area contributed by atoms with Crippen LogP contribution in [0.5, 0.6) is 0 Å². The molecule has 0 amide bonds. The van der Waals surface area contributed by atoms with Gasteiger partial charge in [-0.05, 0) is 28.8 Å². The van der Waals surface area contributed by atoms with E-state index in [1.807, 2.05) is 60.7 Å². The molecule has 3 rings (SSSR count). The third-order valence-electron chi connectivity index (χ3n) is 4.46. The minimum Gasteiger partial charge on any atom is -0.459 e. The fraction of sp³-hybridized carbons (Fsp3) is 0.0800. The van der Waals surface area contributed by atoms with Crippen molar-refractivity contribution in [3.05, 3.63) is 120 Å². The number of aliphatic imine (C=N–C) groups is 1. The van der Waals surface area contributed by atoms with Crippen LogP contribution in [0.1, 0.15) is 22.3 Å². The molecule has 0 atom stereocenters. The van der Waals surface area contributed by atoms with E-state index in [0.717, 1.165) is 5.56 Å². The average Bonchev–Trinajstić information content (AvgIpc) is 2.80. The molecular formula is C25H20N2O2. The van der Waals surface area contributed by atoms with Gasteiger partial charge in [0.2, 0.25) is 5.54 Å². The number of carbonyl (C=O) groups is 1. The van der Waals surface area contributed by atoms with Crippen molar-refractivity contribution in [2.24, 2.45) is 4.99 Å².